The van der Waals surface area contributed by atoms with Gasteiger partial charge in [0.2, 0.25) is 5.88 Å². The van der Waals surface area contributed by atoms with Crippen LogP contribution in [0.1, 0.15) is 40.0 Å². The lowest BCUT2D eigenvalue weighted by Crippen LogP contribution is -2.46. The number of fused-ring (bicyclic) bond motifs is 1. The van der Waals surface area contributed by atoms with Crippen molar-refractivity contribution in [1.29, 1.82) is 0 Å². The van der Waals surface area contributed by atoms with Gasteiger partial charge in [-0.05, 0) is 82.5 Å². The molecule has 8 nitrogen and oxygen atoms in total. The number of rotatable bonds is 5. The van der Waals surface area contributed by atoms with Crippen molar-refractivity contribution in [2.24, 2.45) is 0 Å². The van der Waals surface area contributed by atoms with Crippen LogP contribution in [-0.2, 0) is 4.74 Å². The van der Waals surface area contributed by atoms with Crippen LogP contribution in [0, 0.1) is 0 Å². The van der Waals surface area contributed by atoms with Crippen molar-refractivity contribution in [2.45, 2.75) is 51.7 Å². The van der Waals surface area contributed by atoms with Gasteiger partial charge in [-0.3, -0.25) is 14.5 Å². The molecule has 3 heterocycles. The number of aromatic nitrogens is 4. The SMILES string of the molecule is COc1ncnc2c1cc(-c1ccccn1)n2-c1ccc(N(C(=O)OC(C)(C)C)C2CCC2)cc1. The zero-order chi connectivity index (χ0) is 24.6. The molecule has 35 heavy (non-hydrogen) atoms. The van der Waals surface area contributed by atoms with Crippen molar-refractivity contribution in [3.05, 3.63) is 61.1 Å². The van der Waals surface area contributed by atoms with Gasteiger partial charge in [0.05, 0.1) is 23.9 Å². The van der Waals surface area contributed by atoms with Crippen molar-refractivity contribution in [1.82, 2.24) is 19.5 Å². The van der Waals surface area contributed by atoms with Crippen molar-refractivity contribution in [3.8, 4) is 23.0 Å². The van der Waals surface area contributed by atoms with Crippen LogP contribution in [0.5, 0.6) is 5.88 Å². The van der Waals surface area contributed by atoms with Gasteiger partial charge in [0.15, 0.2) is 5.65 Å². The van der Waals surface area contributed by atoms with E-state index in [4.69, 9.17) is 9.47 Å². The van der Waals surface area contributed by atoms with E-state index in [1.807, 2.05) is 73.9 Å². The fourth-order valence-corrected chi connectivity index (χ4v) is 4.30. The maximum Gasteiger partial charge on any atom is 0.415 e. The number of ether oxygens (including phenoxy) is 2. The van der Waals surface area contributed by atoms with Crippen LogP contribution in [0.2, 0.25) is 0 Å². The van der Waals surface area contributed by atoms with Gasteiger partial charge in [0.1, 0.15) is 11.9 Å². The third kappa shape index (κ3) is 4.43. The highest BCUT2D eigenvalue weighted by atomic mass is 16.6. The van der Waals surface area contributed by atoms with Crippen molar-refractivity contribution >= 4 is 22.8 Å². The largest absolute Gasteiger partial charge is 0.480 e. The van der Waals surface area contributed by atoms with Gasteiger partial charge in [-0.1, -0.05) is 6.07 Å². The normalized spacial score (nSPS) is 13.9. The third-order valence-electron chi connectivity index (χ3n) is 6.10. The standard InChI is InChI=1S/C27H29N5O3/c1-27(2,3)35-26(33)31(18-8-7-9-18)19-11-13-20(14-12-19)32-23(22-10-5-6-15-28-22)16-21-24(32)29-17-30-25(21)34-4/h5-6,10-18H,7-9H2,1-4H3. The van der Waals surface area contributed by atoms with Crippen LogP contribution in [-0.4, -0.2) is 44.4 Å². The summed E-state index contributed by atoms with van der Waals surface area (Å²) in [6.07, 6.45) is 6.02. The van der Waals surface area contributed by atoms with E-state index in [1.54, 1.807) is 18.2 Å². The number of methoxy groups -OCH3 is 1. The molecule has 3 aromatic heterocycles. The number of nitrogens with zero attached hydrogens (tertiary/aromatic N) is 5. The second-order valence-electron chi connectivity index (χ2n) is 9.65. The van der Waals surface area contributed by atoms with E-state index in [0.29, 0.717) is 11.5 Å². The van der Waals surface area contributed by atoms with E-state index in [2.05, 4.69) is 15.0 Å². The molecule has 4 aromatic rings. The Labute approximate surface area is 204 Å². The molecule has 1 aromatic carbocycles. The summed E-state index contributed by atoms with van der Waals surface area (Å²) < 4.78 is 13.2. The highest BCUT2D eigenvalue weighted by molar-refractivity contribution is 5.91. The zero-order valence-electron chi connectivity index (χ0n) is 20.4. The number of pyridine rings is 1. The first-order valence-corrected chi connectivity index (χ1v) is 11.8. The van der Waals surface area contributed by atoms with Crippen LogP contribution in [0.25, 0.3) is 28.1 Å². The number of amides is 1. The van der Waals surface area contributed by atoms with Gasteiger partial charge < -0.3 is 9.47 Å². The Balaban J connectivity index is 1.59. The summed E-state index contributed by atoms with van der Waals surface area (Å²) in [5.74, 6) is 0.503. The smallest absolute Gasteiger partial charge is 0.415 e. The lowest BCUT2D eigenvalue weighted by molar-refractivity contribution is 0.0549. The minimum atomic E-state index is -0.556. The average Bonchev–Trinajstić information content (AvgIpc) is 3.20. The second-order valence-corrected chi connectivity index (χ2v) is 9.65. The third-order valence-corrected chi connectivity index (χ3v) is 6.10. The molecule has 1 aliphatic rings. The molecule has 8 heteroatoms. The summed E-state index contributed by atoms with van der Waals surface area (Å²) in [5, 5.41) is 0.796. The minimum absolute atomic E-state index is 0.157. The first-order valence-electron chi connectivity index (χ1n) is 11.8. The van der Waals surface area contributed by atoms with Crippen molar-refractivity contribution in [3.63, 3.8) is 0 Å². The number of anilines is 1. The number of carbonyl (C=O) groups is 1. The lowest BCUT2D eigenvalue weighted by atomic mass is 9.91. The molecule has 0 saturated heterocycles. The summed E-state index contributed by atoms with van der Waals surface area (Å²) in [4.78, 5) is 28.2. The Hall–Kier alpha value is -3.94. The van der Waals surface area contributed by atoms with Crippen LogP contribution in [0.4, 0.5) is 10.5 Å². The summed E-state index contributed by atoms with van der Waals surface area (Å²) in [7, 11) is 1.60. The molecule has 0 unspecified atom stereocenters. The molecule has 5 rings (SSSR count). The number of hydrogen-bond acceptors (Lipinski definition) is 6. The molecule has 1 aliphatic carbocycles. The van der Waals surface area contributed by atoms with E-state index in [1.165, 1.54) is 6.33 Å². The first kappa shape index (κ1) is 22.8. The van der Waals surface area contributed by atoms with Crippen LogP contribution in [0.15, 0.2) is 61.1 Å². The first-order chi connectivity index (χ1) is 16.9. The number of benzene rings is 1. The molecule has 1 saturated carbocycles. The zero-order valence-corrected chi connectivity index (χ0v) is 20.4. The van der Waals surface area contributed by atoms with Gasteiger partial charge in [-0.15, -0.1) is 0 Å². The topological polar surface area (TPSA) is 82.4 Å². The Morgan fingerprint density at radius 2 is 1.83 bits per heavy atom. The maximum atomic E-state index is 13.1. The summed E-state index contributed by atoms with van der Waals surface area (Å²) in [6.45, 7) is 5.66. The average molecular weight is 472 g/mol. The van der Waals surface area contributed by atoms with E-state index in [-0.39, 0.29) is 12.1 Å². The van der Waals surface area contributed by atoms with Crippen molar-refractivity contribution < 1.29 is 14.3 Å². The van der Waals surface area contributed by atoms with Crippen molar-refractivity contribution in [2.75, 3.05) is 12.0 Å². The van der Waals surface area contributed by atoms with E-state index < -0.39 is 5.60 Å². The van der Waals surface area contributed by atoms with Crippen LogP contribution >= 0.6 is 0 Å². The van der Waals surface area contributed by atoms with Gasteiger partial charge in [0.25, 0.3) is 0 Å². The summed E-state index contributed by atoms with van der Waals surface area (Å²) in [5.41, 5.74) is 3.54. The quantitative estimate of drug-likeness (QED) is 0.367. The molecule has 180 valence electrons. The van der Waals surface area contributed by atoms with E-state index in [0.717, 1.165) is 47.4 Å². The minimum Gasteiger partial charge on any atom is -0.480 e. The predicted octanol–water partition coefficient (Wildman–Crippen LogP) is 5.79. The fourth-order valence-electron chi connectivity index (χ4n) is 4.30. The number of hydrogen-bond donors (Lipinski definition) is 0. The molecule has 1 fully saturated rings. The molecule has 0 radical (unpaired) electrons. The molecule has 0 spiro atoms. The Bertz CT molecular complexity index is 1340. The highest BCUT2D eigenvalue weighted by Gasteiger charge is 2.33. The highest BCUT2D eigenvalue weighted by Crippen LogP contribution is 2.35. The Morgan fingerprint density at radius 1 is 1.06 bits per heavy atom. The molecule has 0 aliphatic heterocycles. The Kier molecular flexibility index (Phi) is 5.88. The molecular formula is C27H29N5O3. The van der Waals surface area contributed by atoms with E-state index in [9.17, 15) is 4.79 Å². The molecule has 0 bridgehead atoms. The van der Waals surface area contributed by atoms with Gasteiger partial charge in [0, 0.05) is 23.6 Å². The molecule has 0 atom stereocenters. The molecular weight excluding hydrogens is 442 g/mol. The summed E-state index contributed by atoms with van der Waals surface area (Å²) >= 11 is 0. The van der Waals surface area contributed by atoms with Crippen LogP contribution in [0.3, 0.4) is 0 Å². The van der Waals surface area contributed by atoms with Gasteiger partial charge >= 0.3 is 6.09 Å². The second kappa shape index (κ2) is 9.02. The summed E-state index contributed by atoms with van der Waals surface area (Å²) in [6, 6.07) is 15.9. The van der Waals surface area contributed by atoms with Gasteiger partial charge in [-0.25, -0.2) is 14.8 Å². The predicted molar refractivity (Wildman–Crippen MR) is 135 cm³/mol. The van der Waals surface area contributed by atoms with E-state index >= 15 is 0 Å². The molecule has 0 N–H and O–H groups in total. The lowest BCUT2D eigenvalue weighted by Gasteiger charge is -2.38. The maximum absolute atomic E-state index is 13.1. The van der Waals surface area contributed by atoms with Crippen LogP contribution < -0.4 is 9.64 Å². The molecule has 1 amide bonds. The van der Waals surface area contributed by atoms with Gasteiger partial charge in [-0.2, -0.15) is 0 Å². The number of carbonyl (C=O) groups excluding carboxylic acids is 1. The monoisotopic (exact) mass is 471 g/mol. The fraction of sp³-hybridized carbons (Fsp3) is 0.333. The Morgan fingerprint density at radius 3 is 2.43 bits per heavy atom.